The maximum Gasteiger partial charge on any atom is 0.426 e. The monoisotopic (exact) mass is 1120 g/mol. The van der Waals surface area contributed by atoms with Gasteiger partial charge in [-0.05, 0) is 73.2 Å². The van der Waals surface area contributed by atoms with Crippen molar-refractivity contribution in [3.05, 3.63) is 113 Å². The minimum atomic E-state index is -2.47. The van der Waals surface area contributed by atoms with Crippen LogP contribution < -0.4 is 15.6 Å². The number of hydrogen-bond donors (Lipinski definition) is 4. The van der Waals surface area contributed by atoms with Crippen LogP contribution in [0.5, 0.6) is 5.75 Å². The Kier molecular flexibility index (Phi) is 18.5. The van der Waals surface area contributed by atoms with Crippen molar-refractivity contribution >= 4 is 77.2 Å². The van der Waals surface area contributed by atoms with Gasteiger partial charge >= 0.3 is 35.9 Å². The molecule has 0 radical (unpaired) electrons. The van der Waals surface area contributed by atoms with Crippen molar-refractivity contribution in [2.24, 2.45) is 26.9 Å². The summed E-state index contributed by atoms with van der Waals surface area (Å²) in [6.07, 6.45) is -9.80. The molecule has 0 unspecified atom stereocenters. The van der Waals surface area contributed by atoms with Crippen molar-refractivity contribution in [1.82, 2.24) is 10.9 Å². The highest BCUT2D eigenvalue weighted by Crippen LogP contribution is 2.64. The molecule has 11 atom stereocenters. The average Bonchev–Trinajstić information content (AvgIpc) is 3.12. The second-order valence-electron chi connectivity index (χ2n) is 19.8. The molecule has 25 heteroatoms. The van der Waals surface area contributed by atoms with Crippen molar-refractivity contribution in [1.29, 1.82) is 0 Å². The quantitative estimate of drug-likeness (QED) is 0.0202. The number of ketones is 1. The number of aliphatic hydroxyl groups is 2. The van der Waals surface area contributed by atoms with Crippen LogP contribution in [0.1, 0.15) is 86.7 Å². The summed E-state index contributed by atoms with van der Waals surface area (Å²) in [5.41, 5.74) is -3.20. The number of hydrogen-bond acceptors (Lipinski definition) is 22. The van der Waals surface area contributed by atoms with Gasteiger partial charge in [0.1, 0.15) is 42.3 Å². The van der Waals surface area contributed by atoms with Crippen LogP contribution >= 0.6 is 21.6 Å². The fourth-order valence-electron chi connectivity index (χ4n) is 11.0. The molecule has 3 aliphatic carbocycles. The van der Waals surface area contributed by atoms with E-state index in [9.17, 15) is 39.0 Å². The van der Waals surface area contributed by atoms with Crippen LogP contribution in [0.2, 0.25) is 0 Å². The molecular formula is C53H61BN4O18S2. The normalized spacial score (nSPS) is 27.6. The Morgan fingerprint density at radius 2 is 1.55 bits per heavy atom. The largest absolute Gasteiger partial charge is 0.482 e. The average molecular weight is 1120 g/mol. The molecule has 1 heterocycles. The predicted octanol–water partition coefficient (Wildman–Crippen LogP) is 4.32. The van der Waals surface area contributed by atoms with E-state index in [0.29, 0.717) is 11.3 Å². The summed E-state index contributed by atoms with van der Waals surface area (Å²) in [6, 6.07) is 20.1. The zero-order valence-corrected chi connectivity index (χ0v) is 45.7. The number of carbonyl (C=O) groups is 8. The number of benzene rings is 3. The van der Waals surface area contributed by atoms with Crippen LogP contribution in [0.25, 0.3) is 0 Å². The third-order valence-corrected chi connectivity index (χ3v) is 16.6. The lowest BCUT2D eigenvalue weighted by molar-refractivity contribution is -0.346. The molecule has 2 bridgehead atoms. The second kappa shape index (κ2) is 24.5. The van der Waals surface area contributed by atoms with Crippen LogP contribution in [0, 0.1) is 16.7 Å². The smallest absolute Gasteiger partial charge is 0.426 e. The zero-order valence-electron chi connectivity index (χ0n) is 44.1. The molecule has 3 aromatic rings. The maximum atomic E-state index is 15.7. The number of fused-ring (bicyclic) bond motifs is 5. The molecule has 2 saturated carbocycles. The van der Waals surface area contributed by atoms with E-state index in [0.717, 1.165) is 13.8 Å². The molecule has 1 aliphatic heterocycles. The van der Waals surface area contributed by atoms with Crippen LogP contribution in [-0.4, -0.2) is 145 Å². The SMILES string of the molecule is BN=N[C@@H](c1ccccc1)[C@@H](OC(=O)COc1ccc(C(=O)NNC(=O)OCCSSC)cc1)C(=O)O[C@H]1C[C@@]2(O)[C@@H](OC(=O)c3ccccc3)[C@@H]3[C@]4(OC(C)=O)CO[C@@H]4C[C@H](O)[C@@]3(C)C(=O)[C@H](OC(C)=O)C(=C1C)C2(C)C. The van der Waals surface area contributed by atoms with E-state index in [1.165, 1.54) is 93.7 Å². The van der Waals surface area contributed by atoms with Crippen molar-refractivity contribution in [3.8, 4) is 5.75 Å². The van der Waals surface area contributed by atoms with Gasteiger partial charge in [0.2, 0.25) is 6.10 Å². The molecule has 7 rings (SSSR count). The summed E-state index contributed by atoms with van der Waals surface area (Å²) in [6.45, 7) is 7.15. The topological polar surface area (TPSA) is 300 Å². The molecule has 0 spiro atoms. The van der Waals surface area contributed by atoms with Gasteiger partial charge in [-0.25, -0.2) is 24.6 Å². The van der Waals surface area contributed by atoms with E-state index >= 15 is 9.59 Å². The van der Waals surface area contributed by atoms with Gasteiger partial charge in [-0.1, -0.05) is 84.0 Å². The number of Topliss-reactive ketones (excluding diaryl/α,β-unsaturated/α-hetero) is 1. The number of hydrazine groups is 1. The van der Waals surface area contributed by atoms with E-state index < -0.39 is 131 Å². The molecule has 22 nitrogen and oxygen atoms in total. The summed E-state index contributed by atoms with van der Waals surface area (Å²) in [5, 5.41) is 34.3. The Labute approximate surface area is 458 Å². The Morgan fingerprint density at radius 3 is 2.15 bits per heavy atom. The highest BCUT2D eigenvalue weighted by Gasteiger charge is 2.78. The zero-order chi connectivity index (χ0) is 56.7. The fourth-order valence-corrected chi connectivity index (χ4v) is 12.1. The minimum absolute atomic E-state index is 0.0344. The molecule has 4 aliphatic rings. The van der Waals surface area contributed by atoms with Crippen molar-refractivity contribution in [2.45, 2.75) is 108 Å². The molecule has 4 N–H and O–H groups in total. The summed E-state index contributed by atoms with van der Waals surface area (Å²) in [7, 11) is 4.35. The number of esters is 5. The highest BCUT2D eigenvalue weighted by molar-refractivity contribution is 8.76. The highest BCUT2D eigenvalue weighted by atomic mass is 33.1. The van der Waals surface area contributed by atoms with Crippen LogP contribution in [0.4, 0.5) is 4.79 Å². The van der Waals surface area contributed by atoms with Crippen LogP contribution in [0.3, 0.4) is 0 Å². The summed E-state index contributed by atoms with van der Waals surface area (Å²) in [4.78, 5) is 110. The molecule has 416 valence electrons. The van der Waals surface area contributed by atoms with E-state index in [1.54, 1.807) is 48.5 Å². The molecule has 2 amide bonds. The lowest BCUT2D eigenvalue weighted by atomic mass is 9.44. The first-order valence-corrected chi connectivity index (χ1v) is 27.5. The Hall–Kier alpha value is -6.80. The molecule has 3 fully saturated rings. The minimum Gasteiger partial charge on any atom is -0.482 e. The molecular weight excluding hydrogens is 1060 g/mol. The van der Waals surface area contributed by atoms with Gasteiger partial charge in [0.25, 0.3) is 13.9 Å². The van der Waals surface area contributed by atoms with E-state index in [2.05, 4.69) is 21.0 Å². The Bertz CT molecular complexity index is 2830. The van der Waals surface area contributed by atoms with Crippen molar-refractivity contribution < 1.29 is 86.5 Å². The number of carbonyl (C=O) groups excluding carboxylic acids is 8. The first-order valence-electron chi connectivity index (χ1n) is 24.8. The molecule has 78 heavy (non-hydrogen) atoms. The fraction of sp³-hybridized carbons (Fsp3) is 0.472. The second-order valence-corrected chi connectivity index (χ2v) is 22.5. The number of rotatable bonds is 18. The van der Waals surface area contributed by atoms with Crippen molar-refractivity contribution in [2.75, 3.05) is 31.8 Å². The first-order chi connectivity index (χ1) is 37.0. The lowest BCUT2D eigenvalue weighted by Crippen LogP contribution is -2.82. The summed E-state index contributed by atoms with van der Waals surface area (Å²) < 4.78 is 47.3. The third-order valence-electron chi connectivity index (χ3n) is 14.9. The summed E-state index contributed by atoms with van der Waals surface area (Å²) in [5.74, 6) is -7.57. The van der Waals surface area contributed by atoms with Gasteiger partial charge in [0.05, 0.1) is 29.6 Å². The van der Waals surface area contributed by atoms with E-state index in [-0.39, 0.29) is 47.7 Å². The van der Waals surface area contributed by atoms with Gasteiger partial charge < -0.3 is 48.1 Å². The van der Waals surface area contributed by atoms with Crippen LogP contribution in [0.15, 0.2) is 106 Å². The van der Waals surface area contributed by atoms with Crippen LogP contribution in [-0.2, 0) is 57.1 Å². The number of nitrogens with zero attached hydrogens (tertiary/aromatic N) is 2. The van der Waals surface area contributed by atoms with E-state index in [4.69, 9.17) is 37.9 Å². The Balaban J connectivity index is 1.25. The van der Waals surface area contributed by atoms with E-state index in [1.807, 2.05) is 6.26 Å². The van der Waals surface area contributed by atoms with Crippen molar-refractivity contribution in [3.63, 3.8) is 0 Å². The third kappa shape index (κ3) is 11.8. The number of ether oxygens (including phenoxy) is 8. The van der Waals surface area contributed by atoms with Gasteiger partial charge in [-0.15, -0.1) is 0 Å². The number of amides is 2. The number of aliphatic hydroxyl groups excluding tert-OH is 1. The number of nitrogens with one attached hydrogen (secondary N) is 2. The van der Waals surface area contributed by atoms with Gasteiger partial charge in [0.15, 0.2) is 24.1 Å². The summed E-state index contributed by atoms with van der Waals surface area (Å²) >= 11 is 0. The maximum absolute atomic E-state index is 15.7. The predicted molar refractivity (Wildman–Crippen MR) is 281 cm³/mol. The van der Waals surface area contributed by atoms with Gasteiger partial charge in [-0.3, -0.25) is 29.6 Å². The Morgan fingerprint density at radius 1 is 0.885 bits per heavy atom. The first kappa shape index (κ1) is 58.9. The standard InChI is InChI=1S/C53H61BN4O18S2/c1-28-35(73-48(66)42(40(55-58-54)31-14-10-8-11-15-31)74-38(62)26-70-34-20-18-32(19-21-34)46(64)56-57-49(67)69-22-23-78-77-7)25-53(68)45(75-47(65)33-16-12-9-13-17-33)43-51(6,36(61)24-37-52(43,27-71-37)76-30(3)60)44(63)41(72-29(2)59)39(28)50(53,4)5/h8-21,35-37,40-43,45,61,68H,22-27,54H2,1-7H3,(H,56,64)(H,57,67)/t35-,36-,37+,40-,41+,42+,43-,45-,51+,52-,53+/m0/s1. The molecule has 3 aromatic carbocycles. The van der Waals surface area contributed by atoms with Gasteiger partial charge in [-0.2, -0.15) is 5.11 Å². The van der Waals surface area contributed by atoms with Gasteiger partial charge in [0, 0.05) is 43.4 Å². The lowest BCUT2D eigenvalue weighted by Gasteiger charge is -2.67. The molecule has 0 aromatic heterocycles. The molecule has 1 saturated heterocycles.